The van der Waals surface area contributed by atoms with E-state index in [1.807, 2.05) is 6.07 Å². The van der Waals surface area contributed by atoms with E-state index in [0.29, 0.717) is 29.3 Å². The lowest BCUT2D eigenvalue weighted by Crippen LogP contribution is -2.46. The van der Waals surface area contributed by atoms with Crippen LogP contribution in [-0.4, -0.2) is 24.2 Å². The van der Waals surface area contributed by atoms with Crippen LogP contribution in [0, 0.1) is 22.7 Å². The maximum atomic E-state index is 13.7. The highest BCUT2D eigenvalue weighted by Gasteiger charge is 2.52. The van der Waals surface area contributed by atoms with Gasteiger partial charge in [-0.1, -0.05) is 13.0 Å². The van der Waals surface area contributed by atoms with E-state index in [4.69, 9.17) is 10.5 Å². The molecule has 5 nitrogen and oxygen atoms in total. The smallest absolute Gasteiger partial charge is 0.324 e. The van der Waals surface area contributed by atoms with Gasteiger partial charge >= 0.3 is 12.4 Å². The number of carbonyl (C=O) groups excluding carboxylic acids is 1. The van der Waals surface area contributed by atoms with Crippen LogP contribution in [0.4, 0.5) is 32.0 Å². The van der Waals surface area contributed by atoms with Gasteiger partial charge in [0, 0.05) is 11.6 Å². The van der Waals surface area contributed by atoms with Gasteiger partial charge in [0.2, 0.25) is 5.91 Å². The zero-order valence-corrected chi connectivity index (χ0v) is 17.7. The van der Waals surface area contributed by atoms with Gasteiger partial charge in [-0.05, 0) is 54.3 Å². The van der Waals surface area contributed by atoms with Crippen molar-refractivity contribution in [2.75, 3.05) is 5.32 Å². The summed E-state index contributed by atoms with van der Waals surface area (Å²) in [6.07, 6.45) is -9.72. The van der Waals surface area contributed by atoms with Gasteiger partial charge in [-0.2, -0.15) is 36.9 Å². The molecule has 34 heavy (non-hydrogen) atoms. The quantitative estimate of drug-likeness (QED) is 0.601. The van der Waals surface area contributed by atoms with Crippen molar-refractivity contribution in [2.45, 2.75) is 50.1 Å². The fourth-order valence-corrected chi connectivity index (χ4v) is 4.05. The summed E-state index contributed by atoms with van der Waals surface area (Å²) in [5.74, 6) is -2.25. The Kier molecular flexibility index (Phi) is 6.89. The maximum Gasteiger partial charge on any atom is 0.417 e. The second kappa shape index (κ2) is 9.35. The van der Waals surface area contributed by atoms with Crippen LogP contribution in [0.15, 0.2) is 36.4 Å². The van der Waals surface area contributed by atoms with Crippen molar-refractivity contribution in [3.05, 3.63) is 64.2 Å². The minimum absolute atomic E-state index is 0.274. The van der Waals surface area contributed by atoms with Crippen molar-refractivity contribution in [2.24, 2.45) is 0 Å². The lowest BCUT2D eigenvalue weighted by atomic mass is 9.88. The minimum Gasteiger partial charge on any atom is -0.324 e. The van der Waals surface area contributed by atoms with Crippen LogP contribution in [0.25, 0.3) is 0 Å². The Morgan fingerprint density at radius 1 is 1.09 bits per heavy atom. The number of anilines is 1. The minimum atomic E-state index is -4.93. The first-order chi connectivity index (χ1) is 15.9. The van der Waals surface area contributed by atoms with Gasteiger partial charge in [-0.3, -0.25) is 10.1 Å². The third-order valence-electron chi connectivity index (χ3n) is 5.71. The van der Waals surface area contributed by atoms with Crippen molar-refractivity contribution in [3.63, 3.8) is 0 Å². The molecule has 0 radical (unpaired) electrons. The van der Waals surface area contributed by atoms with Crippen molar-refractivity contribution < 1.29 is 31.1 Å². The molecule has 1 heterocycles. The fourth-order valence-electron chi connectivity index (χ4n) is 4.05. The highest BCUT2D eigenvalue weighted by Crippen LogP contribution is 2.42. The number of amides is 1. The van der Waals surface area contributed by atoms with Crippen molar-refractivity contribution in [1.29, 1.82) is 10.5 Å². The summed E-state index contributed by atoms with van der Waals surface area (Å²) in [4.78, 5) is 12.8. The average Bonchev–Trinajstić information content (AvgIpc) is 3.24. The largest absolute Gasteiger partial charge is 0.417 e. The SMILES string of the molecule is CCc1cc(C#N)ccc1NC(=O)C1CC(c2ccc(C#N)c(C(F)(F)F)c2)C(C(F)(F)F)N1. The zero-order valence-electron chi connectivity index (χ0n) is 17.7. The highest BCUT2D eigenvalue weighted by molar-refractivity contribution is 5.96. The molecule has 1 aliphatic rings. The Morgan fingerprint density at radius 3 is 2.35 bits per heavy atom. The zero-order chi connectivity index (χ0) is 25.3. The summed E-state index contributed by atoms with van der Waals surface area (Å²) in [5, 5.41) is 22.7. The number of hydrogen-bond acceptors (Lipinski definition) is 4. The van der Waals surface area contributed by atoms with Crippen LogP contribution in [0.5, 0.6) is 0 Å². The predicted octanol–water partition coefficient (Wildman–Crippen LogP) is 5.03. The van der Waals surface area contributed by atoms with Gasteiger partial charge in [0.25, 0.3) is 0 Å². The number of nitrogens with zero attached hydrogens (tertiary/aromatic N) is 2. The Bertz CT molecular complexity index is 1180. The molecule has 0 bridgehead atoms. The van der Waals surface area contributed by atoms with Gasteiger partial charge in [-0.15, -0.1) is 0 Å². The second-order valence-electron chi connectivity index (χ2n) is 7.82. The third-order valence-corrected chi connectivity index (χ3v) is 5.71. The monoisotopic (exact) mass is 480 g/mol. The Morgan fingerprint density at radius 2 is 1.79 bits per heavy atom. The number of nitriles is 2. The van der Waals surface area contributed by atoms with Crippen LogP contribution < -0.4 is 10.6 Å². The molecule has 1 aliphatic heterocycles. The molecule has 2 aromatic rings. The molecule has 3 unspecified atom stereocenters. The van der Waals surface area contributed by atoms with Crippen LogP contribution in [-0.2, 0) is 17.4 Å². The first kappa shape index (κ1) is 25.1. The van der Waals surface area contributed by atoms with Crippen LogP contribution in [0.2, 0.25) is 0 Å². The number of hydrogen-bond donors (Lipinski definition) is 2. The maximum absolute atomic E-state index is 13.7. The molecule has 1 fully saturated rings. The molecule has 0 aliphatic carbocycles. The van der Waals surface area contributed by atoms with Crippen LogP contribution in [0.1, 0.15) is 47.1 Å². The number of rotatable bonds is 4. The summed E-state index contributed by atoms with van der Waals surface area (Å²) >= 11 is 0. The topological polar surface area (TPSA) is 88.7 Å². The van der Waals surface area contributed by atoms with Gasteiger partial charge < -0.3 is 5.32 Å². The van der Waals surface area contributed by atoms with Crippen molar-refractivity contribution in [3.8, 4) is 12.1 Å². The fraction of sp³-hybridized carbons (Fsp3) is 0.348. The van der Waals surface area contributed by atoms with Gasteiger partial charge in [0.1, 0.15) is 6.04 Å². The Hall–Kier alpha value is -3.57. The van der Waals surface area contributed by atoms with E-state index in [-0.39, 0.29) is 5.56 Å². The molecule has 0 spiro atoms. The summed E-state index contributed by atoms with van der Waals surface area (Å²) in [6.45, 7) is 1.78. The van der Waals surface area contributed by atoms with E-state index in [1.165, 1.54) is 18.2 Å². The first-order valence-corrected chi connectivity index (χ1v) is 10.2. The van der Waals surface area contributed by atoms with E-state index in [1.54, 1.807) is 13.0 Å². The standard InChI is InChI=1S/C23H18F6N4O/c1-2-13-7-12(10-30)3-6-18(13)33-21(34)19-9-16(20(32-19)23(27,28)29)14-4-5-15(11-31)17(8-14)22(24,25)26/h3-8,16,19-20,32H,2,9H2,1H3,(H,33,34). The third kappa shape index (κ3) is 5.15. The Labute approximate surface area is 191 Å². The summed E-state index contributed by atoms with van der Waals surface area (Å²) < 4.78 is 81.2. The molecule has 0 aromatic heterocycles. The molecule has 0 saturated carbocycles. The molecule has 3 atom stereocenters. The van der Waals surface area contributed by atoms with Crippen molar-refractivity contribution >= 4 is 11.6 Å². The molecular weight excluding hydrogens is 462 g/mol. The van der Waals surface area contributed by atoms with Gasteiger partial charge in [-0.25, -0.2) is 0 Å². The summed E-state index contributed by atoms with van der Waals surface area (Å²) in [5.41, 5.74) is -1.01. The highest BCUT2D eigenvalue weighted by atomic mass is 19.4. The Balaban J connectivity index is 1.91. The van der Waals surface area contributed by atoms with Gasteiger partial charge in [0.15, 0.2) is 0 Å². The van der Waals surface area contributed by atoms with Crippen LogP contribution in [0.3, 0.4) is 0 Å². The lowest BCUT2D eigenvalue weighted by molar-refractivity contribution is -0.156. The normalized spacial score (nSPS) is 20.4. The second-order valence-corrected chi connectivity index (χ2v) is 7.82. The average molecular weight is 480 g/mol. The molecule has 11 heteroatoms. The summed E-state index contributed by atoms with van der Waals surface area (Å²) in [7, 11) is 0. The van der Waals surface area contributed by atoms with Crippen molar-refractivity contribution in [1.82, 2.24) is 5.32 Å². The lowest BCUT2D eigenvalue weighted by Gasteiger charge is -2.23. The molecule has 2 aromatic carbocycles. The predicted molar refractivity (Wildman–Crippen MR) is 109 cm³/mol. The molecule has 2 N–H and O–H groups in total. The van der Waals surface area contributed by atoms with E-state index in [2.05, 4.69) is 10.6 Å². The number of benzene rings is 2. The van der Waals surface area contributed by atoms with E-state index >= 15 is 0 Å². The van der Waals surface area contributed by atoms with Gasteiger partial charge in [0.05, 0.1) is 34.9 Å². The van der Waals surface area contributed by atoms with E-state index < -0.39 is 53.8 Å². The molecular formula is C23H18F6N4O. The molecule has 1 amide bonds. The summed E-state index contributed by atoms with van der Waals surface area (Å²) in [6, 6.07) is 6.66. The molecule has 1 saturated heterocycles. The van der Waals surface area contributed by atoms with Crippen LogP contribution >= 0.6 is 0 Å². The number of alkyl halides is 6. The first-order valence-electron chi connectivity index (χ1n) is 10.2. The number of halogens is 6. The number of aryl methyl sites for hydroxylation is 1. The van der Waals surface area contributed by atoms with E-state index in [9.17, 15) is 31.1 Å². The number of nitrogens with one attached hydrogen (secondary N) is 2. The molecule has 178 valence electrons. The van der Waals surface area contributed by atoms with E-state index in [0.717, 1.165) is 12.1 Å². The molecule has 3 rings (SSSR count). The number of carbonyl (C=O) groups is 1.